The van der Waals surface area contributed by atoms with Crippen LogP contribution >= 0.6 is 11.8 Å². The number of thioether (sulfide) groups is 1. The van der Waals surface area contributed by atoms with E-state index in [0.717, 1.165) is 17.3 Å². The number of rotatable bonds is 6. The fourth-order valence-electron chi connectivity index (χ4n) is 1.83. The van der Waals surface area contributed by atoms with Crippen LogP contribution in [0.5, 0.6) is 0 Å². The van der Waals surface area contributed by atoms with E-state index in [1.165, 1.54) is 0 Å². The van der Waals surface area contributed by atoms with Gasteiger partial charge in [-0.2, -0.15) is 4.68 Å². The number of hydrogen-bond acceptors (Lipinski definition) is 5. The lowest BCUT2D eigenvalue weighted by molar-refractivity contribution is 0.563. The summed E-state index contributed by atoms with van der Waals surface area (Å²) in [5.74, 6) is 0. The minimum absolute atomic E-state index is 0.455. The highest BCUT2D eigenvalue weighted by Crippen LogP contribution is 2.25. The summed E-state index contributed by atoms with van der Waals surface area (Å²) in [6, 6.07) is 10.4. The van der Waals surface area contributed by atoms with Gasteiger partial charge in [0, 0.05) is 11.3 Å². The van der Waals surface area contributed by atoms with Crippen LogP contribution in [0.2, 0.25) is 0 Å². The molecule has 1 aromatic carbocycles. The summed E-state index contributed by atoms with van der Waals surface area (Å²) in [6.45, 7) is 4.37. The summed E-state index contributed by atoms with van der Waals surface area (Å²) in [6.07, 6.45) is 1.07. The minimum atomic E-state index is 0.455. The molecule has 2 unspecified atom stereocenters. The van der Waals surface area contributed by atoms with E-state index in [0.29, 0.717) is 11.3 Å². The summed E-state index contributed by atoms with van der Waals surface area (Å²) in [7, 11) is 1.98. The van der Waals surface area contributed by atoms with E-state index >= 15 is 0 Å². The fourth-order valence-corrected chi connectivity index (χ4v) is 2.90. The predicted molar refractivity (Wildman–Crippen MR) is 77.6 cm³/mol. The van der Waals surface area contributed by atoms with E-state index in [9.17, 15) is 0 Å². The number of benzene rings is 1. The van der Waals surface area contributed by atoms with Gasteiger partial charge >= 0.3 is 0 Å². The van der Waals surface area contributed by atoms with Crippen molar-refractivity contribution in [2.24, 2.45) is 0 Å². The molecule has 2 atom stereocenters. The molecule has 0 amide bonds. The largest absolute Gasteiger partial charge is 0.317 e. The Morgan fingerprint density at radius 2 is 2.00 bits per heavy atom. The molecule has 0 radical (unpaired) electrons. The van der Waals surface area contributed by atoms with Crippen molar-refractivity contribution < 1.29 is 0 Å². The van der Waals surface area contributed by atoms with Crippen LogP contribution in [0.25, 0.3) is 5.69 Å². The zero-order valence-electron chi connectivity index (χ0n) is 11.4. The van der Waals surface area contributed by atoms with Crippen LogP contribution in [-0.4, -0.2) is 38.5 Å². The molecule has 5 nitrogen and oxygen atoms in total. The van der Waals surface area contributed by atoms with Gasteiger partial charge in [-0.1, -0.05) is 36.9 Å². The molecule has 0 aliphatic rings. The second-order valence-corrected chi connectivity index (χ2v) is 5.97. The fraction of sp³-hybridized carbons (Fsp3) is 0.462. The number of aromatic nitrogens is 4. The van der Waals surface area contributed by atoms with Crippen molar-refractivity contribution in [3.63, 3.8) is 0 Å². The molecule has 0 saturated carbocycles. The molecule has 0 saturated heterocycles. The SMILES string of the molecule is CNC(C)CC(C)Sc1nnnn1-c1ccccc1. The Morgan fingerprint density at radius 1 is 1.26 bits per heavy atom. The Kier molecular flexibility index (Phi) is 4.93. The summed E-state index contributed by atoms with van der Waals surface area (Å²) >= 11 is 1.70. The van der Waals surface area contributed by atoms with Crippen LogP contribution in [0.1, 0.15) is 20.3 Å². The molecule has 0 aliphatic heterocycles. The first-order valence-electron chi connectivity index (χ1n) is 6.38. The lowest BCUT2D eigenvalue weighted by atomic mass is 10.2. The van der Waals surface area contributed by atoms with Gasteiger partial charge in [0.1, 0.15) is 0 Å². The van der Waals surface area contributed by atoms with Crippen molar-refractivity contribution in [3.05, 3.63) is 30.3 Å². The van der Waals surface area contributed by atoms with Crippen LogP contribution in [-0.2, 0) is 0 Å². The smallest absolute Gasteiger partial charge is 0.214 e. The molecule has 1 N–H and O–H groups in total. The third-order valence-corrected chi connectivity index (χ3v) is 3.99. The van der Waals surface area contributed by atoms with E-state index in [-0.39, 0.29) is 0 Å². The Morgan fingerprint density at radius 3 is 2.68 bits per heavy atom. The van der Waals surface area contributed by atoms with Gasteiger partial charge in [-0.3, -0.25) is 0 Å². The number of tetrazole rings is 1. The molecule has 1 heterocycles. The standard InChI is InChI=1S/C13H19N5S/c1-10(14-3)9-11(2)19-13-15-16-17-18(13)12-7-5-4-6-8-12/h4-8,10-11,14H,9H2,1-3H3. The molecular weight excluding hydrogens is 258 g/mol. The molecule has 0 spiro atoms. The summed E-state index contributed by atoms with van der Waals surface area (Å²) in [4.78, 5) is 0. The van der Waals surface area contributed by atoms with Crippen LogP contribution in [0.3, 0.4) is 0 Å². The first kappa shape index (κ1) is 14.0. The van der Waals surface area contributed by atoms with Crippen LogP contribution in [0, 0.1) is 0 Å². The molecular formula is C13H19N5S. The zero-order valence-corrected chi connectivity index (χ0v) is 12.3. The molecule has 2 rings (SSSR count). The quantitative estimate of drug-likeness (QED) is 0.820. The van der Waals surface area contributed by atoms with E-state index in [4.69, 9.17) is 0 Å². The lowest BCUT2D eigenvalue weighted by Gasteiger charge is -2.15. The van der Waals surface area contributed by atoms with Gasteiger partial charge in [-0.25, -0.2) is 0 Å². The van der Waals surface area contributed by atoms with Crippen molar-refractivity contribution in [2.45, 2.75) is 36.7 Å². The van der Waals surface area contributed by atoms with Crippen molar-refractivity contribution in [1.82, 2.24) is 25.5 Å². The molecule has 102 valence electrons. The predicted octanol–water partition coefficient (Wildman–Crippen LogP) is 2.14. The molecule has 0 aliphatic carbocycles. The molecule has 1 aromatic heterocycles. The highest BCUT2D eigenvalue weighted by Gasteiger charge is 2.14. The Labute approximate surface area is 117 Å². The number of para-hydroxylation sites is 1. The van der Waals surface area contributed by atoms with Gasteiger partial charge in [-0.15, -0.1) is 5.10 Å². The van der Waals surface area contributed by atoms with E-state index in [1.54, 1.807) is 16.4 Å². The monoisotopic (exact) mass is 277 g/mol. The van der Waals surface area contributed by atoms with Crippen molar-refractivity contribution >= 4 is 11.8 Å². The Bertz CT molecular complexity index is 499. The van der Waals surface area contributed by atoms with Gasteiger partial charge in [0.05, 0.1) is 5.69 Å². The van der Waals surface area contributed by atoms with E-state index in [1.807, 2.05) is 37.4 Å². The Balaban J connectivity index is 2.08. The van der Waals surface area contributed by atoms with Gasteiger partial charge in [-0.05, 0) is 43.0 Å². The number of nitrogens with zero attached hydrogens (tertiary/aromatic N) is 4. The van der Waals surface area contributed by atoms with Crippen molar-refractivity contribution in [3.8, 4) is 5.69 Å². The van der Waals surface area contributed by atoms with Crippen LogP contribution in [0.15, 0.2) is 35.5 Å². The first-order valence-corrected chi connectivity index (χ1v) is 7.26. The molecule has 0 bridgehead atoms. The molecule has 2 aromatic rings. The molecule has 19 heavy (non-hydrogen) atoms. The second kappa shape index (κ2) is 6.68. The third-order valence-electron chi connectivity index (χ3n) is 2.93. The van der Waals surface area contributed by atoms with E-state index < -0.39 is 0 Å². The summed E-state index contributed by atoms with van der Waals surface area (Å²) < 4.78 is 1.78. The summed E-state index contributed by atoms with van der Waals surface area (Å²) in [5.41, 5.74) is 0.990. The van der Waals surface area contributed by atoms with Crippen molar-refractivity contribution in [2.75, 3.05) is 7.05 Å². The van der Waals surface area contributed by atoms with E-state index in [2.05, 4.69) is 34.7 Å². The zero-order chi connectivity index (χ0) is 13.7. The van der Waals surface area contributed by atoms with Gasteiger partial charge in [0.25, 0.3) is 0 Å². The van der Waals surface area contributed by atoms with Crippen molar-refractivity contribution in [1.29, 1.82) is 0 Å². The van der Waals surface area contributed by atoms with Gasteiger partial charge in [0.15, 0.2) is 0 Å². The third kappa shape index (κ3) is 3.78. The summed E-state index contributed by atoms with van der Waals surface area (Å²) in [5, 5.41) is 16.5. The normalized spacial score (nSPS) is 14.3. The number of hydrogen-bond donors (Lipinski definition) is 1. The average Bonchev–Trinajstić information content (AvgIpc) is 2.87. The van der Waals surface area contributed by atoms with Crippen LogP contribution < -0.4 is 5.32 Å². The maximum atomic E-state index is 4.11. The Hall–Kier alpha value is -1.40. The maximum Gasteiger partial charge on any atom is 0.214 e. The average molecular weight is 277 g/mol. The molecule has 0 fully saturated rings. The first-order chi connectivity index (χ1) is 9.20. The second-order valence-electron chi connectivity index (χ2n) is 4.56. The lowest BCUT2D eigenvalue weighted by Crippen LogP contribution is -2.24. The molecule has 6 heteroatoms. The highest BCUT2D eigenvalue weighted by molar-refractivity contribution is 7.99. The highest BCUT2D eigenvalue weighted by atomic mass is 32.2. The topological polar surface area (TPSA) is 55.6 Å². The van der Waals surface area contributed by atoms with Gasteiger partial charge < -0.3 is 5.32 Å². The van der Waals surface area contributed by atoms with Crippen LogP contribution in [0.4, 0.5) is 0 Å². The maximum absolute atomic E-state index is 4.11. The number of nitrogens with one attached hydrogen (secondary N) is 1. The van der Waals surface area contributed by atoms with Gasteiger partial charge in [0.2, 0.25) is 5.16 Å². The minimum Gasteiger partial charge on any atom is -0.317 e.